The van der Waals surface area contributed by atoms with E-state index >= 15 is 0 Å². The summed E-state index contributed by atoms with van der Waals surface area (Å²) in [6.45, 7) is 10.5. The summed E-state index contributed by atoms with van der Waals surface area (Å²) < 4.78 is 23.5. The molecule has 1 atom stereocenters. The van der Waals surface area contributed by atoms with Crippen molar-refractivity contribution in [3.63, 3.8) is 0 Å². The van der Waals surface area contributed by atoms with Crippen molar-refractivity contribution in [2.24, 2.45) is 10.9 Å². The zero-order valence-electron chi connectivity index (χ0n) is 18.9. The fourth-order valence-corrected chi connectivity index (χ4v) is 4.50. The summed E-state index contributed by atoms with van der Waals surface area (Å²) in [5.41, 5.74) is 1.75. The van der Waals surface area contributed by atoms with Gasteiger partial charge in [-0.2, -0.15) is 0 Å². The normalized spacial score (nSPS) is 13.3. The Hall–Kier alpha value is -0.870. The molecule has 8 heteroatoms. The van der Waals surface area contributed by atoms with Crippen LogP contribution in [0.15, 0.2) is 28.1 Å². The molecule has 1 unspecified atom stereocenters. The maximum absolute atomic E-state index is 11.8. The van der Waals surface area contributed by atoms with E-state index in [0.717, 1.165) is 43.0 Å². The largest absolute Gasteiger partial charge is 0.357 e. The van der Waals surface area contributed by atoms with E-state index in [1.165, 1.54) is 6.26 Å². The van der Waals surface area contributed by atoms with Crippen molar-refractivity contribution in [1.82, 2.24) is 15.5 Å². The summed E-state index contributed by atoms with van der Waals surface area (Å²) in [6.07, 6.45) is 3.54. The molecule has 29 heavy (non-hydrogen) atoms. The molecule has 0 aliphatic carbocycles. The average molecular weight is 539 g/mol. The van der Waals surface area contributed by atoms with E-state index in [-0.39, 0.29) is 24.0 Å². The quantitative estimate of drug-likeness (QED) is 0.271. The number of benzene rings is 1. The highest BCUT2D eigenvalue weighted by atomic mass is 127. The van der Waals surface area contributed by atoms with E-state index in [1.807, 2.05) is 26.0 Å². The van der Waals surface area contributed by atoms with E-state index in [9.17, 15) is 8.42 Å². The molecule has 0 bridgehead atoms. The Labute approximate surface area is 194 Å². The first kappa shape index (κ1) is 28.1. The minimum absolute atomic E-state index is 0. The van der Waals surface area contributed by atoms with Gasteiger partial charge < -0.3 is 15.5 Å². The van der Waals surface area contributed by atoms with Crippen molar-refractivity contribution < 1.29 is 8.42 Å². The lowest BCUT2D eigenvalue weighted by atomic mass is 9.93. The fraction of sp³-hybridized carbons (Fsp3) is 0.667. The van der Waals surface area contributed by atoms with Crippen LogP contribution in [0, 0.1) is 12.8 Å². The second-order valence-corrected chi connectivity index (χ2v) is 9.54. The lowest BCUT2D eigenvalue weighted by Gasteiger charge is -2.32. The molecule has 1 aromatic carbocycles. The fourth-order valence-electron chi connectivity index (χ4n) is 3.54. The molecule has 0 heterocycles. The van der Waals surface area contributed by atoms with Crippen LogP contribution in [0.3, 0.4) is 0 Å². The molecular weight excluding hydrogens is 499 g/mol. The molecule has 2 N–H and O–H groups in total. The monoisotopic (exact) mass is 538 g/mol. The highest BCUT2D eigenvalue weighted by Crippen LogP contribution is 2.18. The molecule has 6 nitrogen and oxygen atoms in total. The second kappa shape index (κ2) is 13.4. The molecule has 168 valence electrons. The standard InChI is InChI=1S/C21H38N4O2S.HI/c1-8-18(9-2)19(25(5)6)15-24-21(22-10-3)23-14-17-11-12-20(16(4)13-17)28(7,26)27;/h11-13,18-19H,8-10,14-15H2,1-7H3,(H2,22,23,24);1H. The van der Waals surface area contributed by atoms with Crippen LogP contribution in [0.4, 0.5) is 0 Å². The topological polar surface area (TPSA) is 73.8 Å². The Bertz CT molecular complexity index is 747. The summed E-state index contributed by atoms with van der Waals surface area (Å²) in [5.74, 6) is 1.42. The highest BCUT2D eigenvalue weighted by molar-refractivity contribution is 14.0. The van der Waals surface area contributed by atoms with Gasteiger partial charge in [-0.1, -0.05) is 38.8 Å². The molecule has 0 aliphatic heterocycles. The van der Waals surface area contributed by atoms with E-state index in [0.29, 0.717) is 23.4 Å². The minimum atomic E-state index is -3.19. The van der Waals surface area contributed by atoms with Crippen molar-refractivity contribution in [2.75, 3.05) is 33.4 Å². The van der Waals surface area contributed by atoms with Gasteiger partial charge in [0, 0.05) is 25.4 Å². The van der Waals surface area contributed by atoms with Crippen LogP contribution < -0.4 is 10.6 Å². The summed E-state index contributed by atoms with van der Waals surface area (Å²) in [4.78, 5) is 7.34. The Morgan fingerprint density at radius 1 is 1.14 bits per heavy atom. The molecule has 0 radical (unpaired) electrons. The third-order valence-corrected chi connectivity index (χ3v) is 6.39. The van der Waals surface area contributed by atoms with Gasteiger partial charge in [0.2, 0.25) is 0 Å². The Balaban J connectivity index is 0.00000784. The second-order valence-electron chi connectivity index (χ2n) is 7.56. The van der Waals surface area contributed by atoms with Gasteiger partial charge in [-0.25, -0.2) is 13.4 Å². The van der Waals surface area contributed by atoms with Crippen molar-refractivity contribution in [2.45, 2.75) is 58.0 Å². The van der Waals surface area contributed by atoms with Crippen LogP contribution in [0.25, 0.3) is 0 Å². The predicted molar refractivity (Wildman–Crippen MR) is 134 cm³/mol. The average Bonchev–Trinajstić information content (AvgIpc) is 2.61. The van der Waals surface area contributed by atoms with Gasteiger partial charge in [-0.15, -0.1) is 24.0 Å². The zero-order chi connectivity index (χ0) is 21.3. The molecule has 0 aliphatic rings. The molecule has 0 spiro atoms. The number of halogens is 1. The molecule has 0 fully saturated rings. The summed E-state index contributed by atoms with van der Waals surface area (Å²) in [7, 11) is 1.06. The van der Waals surface area contributed by atoms with Crippen molar-refractivity contribution >= 4 is 39.8 Å². The van der Waals surface area contributed by atoms with E-state index in [1.54, 1.807) is 6.07 Å². The molecular formula is C21H39IN4O2S. The molecule has 0 amide bonds. The minimum Gasteiger partial charge on any atom is -0.357 e. The van der Waals surface area contributed by atoms with Gasteiger partial charge in [-0.05, 0) is 51.1 Å². The summed E-state index contributed by atoms with van der Waals surface area (Å²) in [6, 6.07) is 5.85. The lowest BCUT2D eigenvalue weighted by molar-refractivity contribution is 0.200. The van der Waals surface area contributed by atoms with Crippen LogP contribution in [0.5, 0.6) is 0 Å². The maximum Gasteiger partial charge on any atom is 0.191 e. The number of rotatable bonds is 10. The molecule has 0 aromatic heterocycles. The first-order chi connectivity index (χ1) is 13.1. The zero-order valence-corrected chi connectivity index (χ0v) is 22.1. The van der Waals surface area contributed by atoms with Crippen LogP contribution in [0.1, 0.15) is 44.7 Å². The number of hydrogen-bond donors (Lipinski definition) is 2. The summed E-state index contributed by atoms with van der Waals surface area (Å²) in [5, 5.41) is 6.77. The number of sulfone groups is 1. The van der Waals surface area contributed by atoms with Crippen molar-refractivity contribution in [3.05, 3.63) is 29.3 Å². The molecule has 0 saturated carbocycles. The third-order valence-electron chi connectivity index (χ3n) is 5.14. The van der Waals surface area contributed by atoms with Crippen LogP contribution in [-0.4, -0.2) is 58.8 Å². The van der Waals surface area contributed by atoms with Crippen LogP contribution in [0.2, 0.25) is 0 Å². The Kier molecular flexibility index (Phi) is 13.0. The summed E-state index contributed by atoms with van der Waals surface area (Å²) >= 11 is 0. The molecule has 0 saturated heterocycles. The smallest absolute Gasteiger partial charge is 0.191 e. The lowest BCUT2D eigenvalue weighted by Crippen LogP contribution is -2.48. The van der Waals surface area contributed by atoms with Gasteiger partial charge in [0.05, 0.1) is 11.4 Å². The number of hydrogen-bond acceptors (Lipinski definition) is 4. The van der Waals surface area contributed by atoms with E-state index in [4.69, 9.17) is 0 Å². The first-order valence-electron chi connectivity index (χ1n) is 10.1. The van der Waals surface area contributed by atoms with Gasteiger partial charge in [0.1, 0.15) is 0 Å². The van der Waals surface area contributed by atoms with Crippen LogP contribution in [-0.2, 0) is 16.4 Å². The Morgan fingerprint density at radius 2 is 1.76 bits per heavy atom. The third kappa shape index (κ3) is 9.21. The number of likely N-dealkylation sites (N-methyl/N-ethyl adjacent to an activating group) is 1. The van der Waals surface area contributed by atoms with Gasteiger partial charge in [-0.3, -0.25) is 0 Å². The number of aliphatic imine (C=N–C) groups is 1. The number of nitrogens with one attached hydrogen (secondary N) is 2. The van der Waals surface area contributed by atoms with E-state index < -0.39 is 9.84 Å². The Morgan fingerprint density at radius 3 is 2.21 bits per heavy atom. The van der Waals surface area contributed by atoms with E-state index in [2.05, 4.69) is 48.5 Å². The van der Waals surface area contributed by atoms with Gasteiger partial charge in [0.25, 0.3) is 0 Å². The van der Waals surface area contributed by atoms with Crippen molar-refractivity contribution in [1.29, 1.82) is 0 Å². The number of aryl methyl sites for hydroxylation is 1. The first-order valence-corrected chi connectivity index (χ1v) is 12.0. The highest BCUT2D eigenvalue weighted by Gasteiger charge is 2.20. The predicted octanol–water partition coefficient (Wildman–Crippen LogP) is 3.44. The molecule has 1 aromatic rings. The SMILES string of the molecule is CCNC(=NCc1ccc(S(C)(=O)=O)c(C)c1)NCC(C(CC)CC)N(C)C.I. The van der Waals surface area contributed by atoms with Gasteiger partial charge >= 0.3 is 0 Å². The maximum atomic E-state index is 11.8. The van der Waals surface area contributed by atoms with Crippen LogP contribution >= 0.6 is 24.0 Å². The number of nitrogens with zero attached hydrogens (tertiary/aromatic N) is 2. The number of guanidine groups is 1. The molecule has 1 rings (SSSR count). The van der Waals surface area contributed by atoms with Gasteiger partial charge in [0.15, 0.2) is 15.8 Å². The van der Waals surface area contributed by atoms with Crippen molar-refractivity contribution in [3.8, 4) is 0 Å².